The number of hydrogen-bond donors (Lipinski definition) is 2. The fraction of sp³-hybridized carbons (Fsp3) is 0.100. The molecule has 1 aromatic heterocycles. The van der Waals surface area contributed by atoms with Crippen molar-refractivity contribution in [3.8, 4) is 11.3 Å². The van der Waals surface area contributed by atoms with Crippen molar-refractivity contribution in [1.29, 1.82) is 0 Å². The number of imidazole rings is 1. The Morgan fingerprint density at radius 2 is 2.00 bits per heavy atom. The summed E-state index contributed by atoms with van der Waals surface area (Å²) in [5.41, 5.74) is 2.28. The molecule has 0 fully saturated rings. The predicted octanol–water partition coefficient (Wildman–Crippen LogP) is 2.01. The Labute approximate surface area is 104 Å². The van der Waals surface area contributed by atoms with Gasteiger partial charge in [0, 0.05) is 5.69 Å². The third kappa shape index (κ3) is 2.98. The van der Waals surface area contributed by atoms with Crippen LogP contribution in [-0.4, -0.2) is 23.6 Å². The number of aromatic amines is 1. The number of nitrogens with zero attached hydrogens (tertiary/aromatic N) is 1. The molecule has 1 heterocycles. The summed E-state index contributed by atoms with van der Waals surface area (Å²) in [4.78, 5) is 6.87. The van der Waals surface area contributed by atoms with Gasteiger partial charge in [-0.25, -0.2) is 13.4 Å². The van der Waals surface area contributed by atoms with E-state index in [9.17, 15) is 8.42 Å². The topological polar surface area (TPSA) is 74.8 Å². The normalized spacial score (nSPS) is 11.4. The first-order valence-electron chi connectivity index (χ1n) is 4.76. The van der Waals surface area contributed by atoms with Crippen LogP contribution >= 0.6 is 11.6 Å². The quantitative estimate of drug-likeness (QED) is 0.836. The van der Waals surface area contributed by atoms with Crippen LogP contribution in [0.5, 0.6) is 0 Å². The lowest BCUT2D eigenvalue weighted by Crippen LogP contribution is -2.13. The lowest BCUT2D eigenvalue weighted by Gasteiger charge is -2.05. The van der Waals surface area contributed by atoms with Gasteiger partial charge < -0.3 is 4.98 Å². The zero-order valence-corrected chi connectivity index (χ0v) is 10.3. The number of aromatic nitrogens is 2. The maximum Gasteiger partial charge on any atom is 0.246 e. The van der Waals surface area contributed by atoms with Crippen molar-refractivity contribution >= 4 is 27.3 Å². The second-order valence-electron chi connectivity index (χ2n) is 3.37. The number of H-pyrrole nitrogens is 1. The Morgan fingerprint density at radius 1 is 1.29 bits per heavy atom. The second-order valence-corrected chi connectivity index (χ2v) is 5.68. The molecule has 0 spiro atoms. The number of sulfonamides is 1. The molecule has 90 valence electrons. The number of nitrogens with one attached hydrogen (secondary N) is 2. The Kier molecular flexibility index (Phi) is 3.35. The van der Waals surface area contributed by atoms with Crippen LogP contribution in [-0.2, 0) is 10.0 Å². The Balaban J connectivity index is 2.19. The van der Waals surface area contributed by atoms with Crippen LogP contribution in [0.25, 0.3) is 11.3 Å². The van der Waals surface area contributed by atoms with E-state index < -0.39 is 15.2 Å². The molecule has 0 amide bonds. The molecular formula is C10H10ClN3O2S. The van der Waals surface area contributed by atoms with Gasteiger partial charge in [-0.1, -0.05) is 12.1 Å². The molecule has 5 nitrogen and oxygen atoms in total. The minimum Gasteiger partial charge on any atom is -0.345 e. The monoisotopic (exact) mass is 271 g/mol. The molecule has 17 heavy (non-hydrogen) atoms. The van der Waals surface area contributed by atoms with Crippen LogP contribution in [0.4, 0.5) is 5.69 Å². The predicted molar refractivity (Wildman–Crippen MR) is 67.3 cm³/mol. The maximum atomic E-state index is 11.2. The minimum absolute atomic E-state index is 0.463. The summed E-state index contributed by atoms with van der Waals surface area (Å²) < 4.78 is 24.8. The van der Waals surface area contributed by atoms with E-state index in [2.05, 4.69) is 14.7 Å². The zero-order valence-electron chi connectivity index (χ0n) is 8.72. The van der Waals surface area contributed by atoms with Gasteiger partial charge in [-0.05, 0) is 17.7 Å². The molecule has 2 N–H and O–H groups in total. The highest BCUT2D eigenvalue weighted by molar-refractivity contribution is 7.93. The minimum atomic E-state index is -3.44. The van der Waals surface area contributed by atoms with Gasteiger partial charge in [-0.2, -0.15) is 0 Å². The van der Waals surface area contributed by atoms with Gasteiger partial charge in [0.15, 0.2) is 0 Å². The fourth-order valence-electron chi connectivity index (χ4n) is 1.34. The smallest absolute Gasteiger partial charge is 0.246 e. The number of anilines is 1. The van der Waals surface area contributed by atoms with Crippen LogP contribution in [0, 0.1) is 0 Å². The van der Waals surface area contributed by atoms with E-state index in [-0.39, 0.29) is 0 Å². The van der Waals surface area contributed by atoms with Gasteiger partial charge in [-0.3, -0.25) is 4.72 Å². The van der Waals surface area contributed by atoms with Crippen LogP contribution in [0.2, 0.25) is 0 Å². The highest BCUT2D eigenvalue weighted by Crippen LogP contribution is 2.19. The maximum absolute atomic E-state index is 11.2. The number of halogens is 1. The molecule has 0 unspecified atom stereocenters. The van der Waals surface area contributed by atoms with Crippen molar-refractivity contribution in [1.82, 2.24) is 9.97 Å². The van der Waals surface area contributed by atoms with Crippen molar-refractivity contribution < 1.29 is 8.42 Å². The van der Waals surface area contributed by atoms with Gasteiger partial charge >= 0.3 is 0 Å². The van der Waals surface area contributed by atoms with Crippen molar-refractivity contribution in [2.45, 2.75) is 0 Å². The molecule has 0 aliphatic carbocycles. The highest BCUT2D eigenvalue weighted by atomic mass is 35.5. The van der Waals surface area contributed by atoms with E-state index in [0.717, 1.165) is 11.3 Å². The standard InChI is InChI=1S/C10H10ClN3O2S/c11-6-17(15,16)14-9-3-1-8(2-4-9)10-5-12-7-13-10/h1-5,7,14H,6H2,(H,12,13). The average Bonchev–Trinajstić information content (AvgIpc) is 2.83. The van der Waals surface area contributed by atoms with Gasteiger partial charge in [0.25, 0.3) is 0 Å². The number of benzene rings is 1. The Morgan fingerprint density at radius 3 is 2.53 bits per heavy atom. The van der Waals surface area contributed by atoms with E-state index >= 15 is 0 Å². The SMILES string of the molecule is O=S(=O)(CCl)Nc1ccc(-c2cnc[nH]2)cc1. The summed E-state index contributed by atoms with van der Waals surface area (Å²) in [5.74, 6) is 0. The lowest BCUT2D eigenvalue weighted by molar-refractivity contribution is 0.605. The second kappa shape index (κ2) is 4.77. The molecule has 0 atom stereocenters. The first-order valence-corrected chi connectivity index (χ1v) is 6.95. The number of rotatable bonds is 4. The third-order valence-corrected chi connectivity index (χ3v) is 3.81. The summed E-state index contributed by atoms with van der Waals surface area (Å²) in [7, 11) is -3.44. The fourth-order valence-corrected chi connectivity index (χ4v) is 2.05. The summed E-state index contributed by atoms with van der Waals surface area (Å²) in [6.45, 7) is 0. The first-order chi connectivity index (χ1) is 8.11. The van der Waals surface area contributed by atoms with Gasteiger partial charge in [0.05, 0.1) is 18.2 Å². The lowest BCUT2D eigenvalue weighted by atomic mass is 10.1. The van der Waals surface area contributed by atoms with Crippen LogP contribution in [0.15, 0.2) is 36.8 Å². The molecule has 0 aliphatic rings. The van der Waals surface area contributed by atoms with Crippen LogP contribution in [0.3, 0.4) is 0 Å². The van der Waals surface area contributed by atoms with Crippen molar-refractivity contribution in [2.24, 2.45) is 0 Å². The van der Waals surface area contributed by atoms with Crippen molar-refractivity contribution in [3.05, 3.63) is 36.8 Å². The van der Waals surface area contributed by atoms with Crippen LogP contribution in [0.1, 0.15) is 0 Å². The first kappa shape index (κ1) is 11.9. The molecule has 7 heteroatoms. The average molecular weight is 272 g/mol. The summed E-state index contributed by atoms with van der Waals surface area (Å²) in [6, 6.07) is 6.92. The van der Waals surface area contributed by atoms with E-state index in [1.165, 1.54) is 0 Å². The molecule has 0 bridgehead atoms. The largest absolute Gasteiger partial charge is 0.345 e. The molecule has 0 saturated carbocycles. The van der Waals surface area contributed by atoms with E-state index in [1.54, 1.807) is 36.8 Å². The molecule has 0 saturated heterocycles. The number of hydrogen-bond acceptors (Lipinski definition) is 3. The molecular weight excluding hydrogens is 262 g/mol. The zero-order chi connectivity index (χ0) is 12.3. The third-order valence-electron chi connectivity index (χ3n) is 2.11. The molecule has 0 radical (unpaired) electrons. The molecule has 2 rings (SSSR count). The van der Waals surface area contributed by atoms with Gasteiger partial charge in [0.1, 0.15) is 5.21 Å². The van der Waals surface area contributed by atoms with E-state index in [1.807, 2.05) is 0 Å². The highest BCUT2D eigenvalue weighted by Gasteiger charge is 2.07. The summed E-state index contributed by atoms with van der Waals surface area (Å²) >= 11 is 5.29. The summed E-state index contributed by atoms with van der Waals surface area (Å²) in [5, 5.41) is -0.463. The van der Waals surface area contributed by atoms with Gasteiger partial charge in [-0.15, -0.1) is 11.6 Å². The summed E-state index contributed by atoms with van der Waals surface area (Å²) in [6.07, 6.45) is 3.28. The van der Waals surface area contributed by atoms with E-state index in [0.29, 0.717) is 5.69 Å². The molecule has 0 aliphatic heterocycles. The molecule has 2 aromatic rings. The Hall–Kier alpha value is -1.53. The van der Waals surface area contributed by atoms with Crippen molar-refractivity contribution in [2.75, 3.05) is 9.93 Å². The molecule has 1 aromatic carbocycles. The van der Waals surface area contributed by atoms with Gasteiger partial charge in [0.2, 0.25) is 10.0 Å². The van der Waals surface area contributed by atoms with Crippen molar-refractivity contribution in [3.63, 3.8) is 0 Å². The van der Waals surface area contributed by atoms with E-state index in [4.69, 9.17) is 11.6 Å². The number of alkyl halides is 1. The Bertz CT molecular complexity index is 579. The van der Waals surface area contributed by atoms with Crippen LogP contribution < -0.4 is 4.72 Å².